The van der Waals surface area contributed by atoms with E-state index in [-0.39, 0.29) is 0 Å². The molecule has 0 unspecified atom stereocenters. The van der Waals surface area contributed by atoms with E-state index in [0.717, 1.165) is 44.2 Å². The summed E-state index contributed by atoms with van der Waals surface area (Å²) in [5.41, 5.74) is 5.87. The lowest BCUT2D eigenvalue weighted by atomic mass is 10.3. The van der Waals surface area contributed by atoms with Crippen molar-refractivity contribution in [1.29, 1.82) is 0 Å². The molecule has 0 radical (unpaired) electrons. The molecule has 5 heteroatoms. The topological polar surface area (TPSA) is 60.0 Å². The Balaban J connectivity index is 2.04. The molecular weight excluding hydrogens is 190 g/mol. The minimum absolute atomic E-state index is 0.337. The Morgan fingerprint density at radius 3 is 2.87 bits per heavy atom. The summed E-state index contributed by atoms with van der Waals surface area (Å²) in [4.78, 5) is 2.35. The van der Waals surface area contributed by atoms with E-state index in [0.29, 0.717) is 6.04 Å². The van der Waals surface area contributed by atoms with Crippen LogP contribution in [0.1, 0.15) is 25.0 Å². The van der Waals surface area contributed by atoms with E-state index in [1.807, 2.05) is 6.92 Å². The highest BCUT2D eigenvalue weighted by molar-refractivity contribution is 4.95. The maximum Gasteiger partial charge on any atom is 0.147 e. The zero-order valence-corrected chi connectivity index (χ0v) is 9.48. The Hall–Kier alpha value is -0.940. The number of nitrogens with two attached hydrogens (primary N) is 1. The molecule has 2 N–H and O–H groups in total. The quantitative estimate of drug-likeness (QED) is 0.769. The molecule has 1 aromatic rings. The number of rotatable bonds is 3. The molecule has 0 aliphatic carbocycles. The van der Waals surface area contributed by atoms with Crippen LogP contribution >= 0.6 is 0 Å². The van der Waals surface area contributed by atoms with E-state index < -0.39 is 0 Å². The van der Waals surface area contributed by atoms with Crippen LogP contribution in [0.15, 0.2) is 0 Å². The average Bonchev–Trinajstić information content (AvgIpc) is 2.75. The second-order valence-electron chi connectivity index (χ2n) is 4.19. The highest BCUT2D eigenvalue weighted by atomic mass is 15.3. The smallest absolute Gasteiger partial charge is 0.147 e. The maximum absolute atomic E-state index is 5.87. The largest absolute Gasteiger partial charge is 0.326 e. The molecule has 5 nitrogen and oxygen atoms in total. The third-order valence-electron chi connectivity index (χ3n) is 3.00. The summed E-state index contributed by atoms with van der Waals surface area (Å²) < 4.78 is 2.16. The Kier molecular flexibility index (Phi) is 3.02. The summed E-state index contributed by atoms with van der Waals surface area (Å²) in [6, 6.07) is 0.337. The number of hydrogen-bond acceptors (Lipinski definition) is 4. The van der Waals surface area contributed by atoms with Crippen molar-refractivity contribution in [3.8, 4) is 0 Å². The summed E-state index contributed by atoms with van der Waals surface area (Å²) in [7, 11) is 0. The van der Waals surface area contributed by atoms with Crippen LogP contribution in [-0.4, -0.2) is 38.8 Å². The van der Waals surface area contributed by atoms with Crippen molar-refractivity contribution in [2.75, 3.05) is 13.1 Å². The van der Waals surface area contributed by atoms with Crippen molar-refractivity contribution in [2.24, 2.45) is 5.73 Å². The van der Waals surface area contributed by atoms with E-state index >= 15 is 0 Å². The summed E-state index contributed by atoms with van der Waals surface area (Å²) in [6.45, 7) is 7.99. The van der Waals surface area contributed by atoms with Crippen molar-refractivity contribution in [1.82, 2.24) is 19.7 Å². The molecule has 15 heavy (non-hydrogen) atoms. The van der Waals surface area contributed by atoms with Crippen molar-refractivity contribution in [2.45, 2.75) is 39.4 Å². The number of likely N-dealkylation sites (tertiary alicyclic amines) is 1. The molecule has 0 spiro atoms. The fraction of sp³-hybridized carbons (Fsp3) is 0.800. The van der Waals surface area contributed by atoms with Crippen molar-refractivity contribution >= 4 is 0 Å². The van der Waals surface area contributed by atoms with E-state index in [1.54, 1.807) is 0 Å². The monoisotopic (exact) mass is 209 g/mol. The van der Waals surface area contributed by atoms with Gasteiger partial charge in [0.1, 0.15) is 11.6 Å². The first-order chi connectivity index (χ1) is 7.20. The Labute approximate surface area is 90.3 Å². The molecule has 1 fully saturated rings. The van der Waals surface area contributed by atoms with Crippen molar-refractivity contribution in [3.05, 3.63) is 11.6 Å². The lowest BCUT2D eigenvalue weighted by molar-refractivity contribution is 0.312. The molecule has 0 amide bonds. The lowest BCUT2D eigenvalue weighted by Crippen LogP contribution is -2.27. The molecule has 1 aromatic heterocycles. The van der Waals surface area contributed by atoms with Crippen LogP contribution < -0.4 is 5.73 Å². The first-order valence-electron chi connectivity index (χ1n) is 5.57. The number of aromatic nitrogens is 3. The Morgan fingerprint density at radius 1 is 1.47 bits per heavy atom. The Bertz CT molecular complexity index is 333. The first-order valence-corrected chi connectivity index (χ1v) is 5.57. The molecule has 0 bridgehead atoms. The molecular formula is C10H19N5. The van der Waals surface area contributed by atoms with Gasteiger partial charge in [0.2, 0.25) is 0 Å². The maximum atomic E-state index is 5.87. The lowest BCUT2D eigenvalue weighted by Gasteiger charge is -2.14. The minimum Gasteiger partial charge on any atom is -0.326 e. The molecule has 1 saturated heterocycles. The second kappa shape index (κ2) is 4.28. The van der Waals surface area contributed by atoms with Gasteiger partial charge >= 0.3 is 0 Å². The molecule has 84 valence electrons. The normalized spacial score (nSPS) is 22.5. The van der Waals surface area contributed by atoms with Crippen LogP contribution in [-0.2, 0) is 13.1 Å². The number of hydrogen-bond donors (Lipinski definition) is 1. The van der Waals surface area contributed by atoms with Crippen LogP contribution in [0.5, 0.6) is 0 Å². The first kappa shape index (κ1) is 10.6. The van der Waals surface area contributed by atoms with Crippen LogP contribution in [0.3, 0.4) is 0 Å². The summed E-state index contributed by atoms with van der Waals surface area (Å²) >= 11 is 0. The molecule has 1 aliphatic rings. The van der Waals surface area contributed by atoms with Gasteiger partial charge in [0, 0.05) is 25.7 Å². The van der Waals surface area contributed by atoms with E-state index in [2.05, 4.69) is 26.6 Å². The highest BCUT2D eigenvalue weighted by Crippen LogP contribution is 2.11. The van der Waals surface area contributed by atoms with Crippen LogP contribution in [0.4, 0.5) is 0 Å². The zero-order valence-electron chi connectivity index (χ0n) is 9.48. The van der Waals surface area contributed by atoms with Gasteiger partial charge in [0.05, 0.1) is 6.54 Å². The van der Waals surface area contributed by atoms with Crippen molar-refractivity contribution < 1.29 is 0 Å². The fourth-order valence-electron chi connectivity index (χ4n) is 2.16. The van der Waals surface area contributed by atoms with Gasteiger partial charge in [0.15, 0.2) is 0 Å². The van der Waals surface area contributed by atoms with Crippen molar-refractivity contribution in [3.63, 3.8) is 0 Å². The third-order valence-corrected chi connectivity index (χ3v) is 3.00. The highest BCUT2D eigenvalue weighted by Gasteiger charge is 2.21. The fourth-order valence-corrected chi connectivity index (χ4v) is 2.16. The Morgan fingerprint density at radius 2 is 2.27 bits per heavy atom. The average molecular weight is 209 g/mol. The molecule has 2 rings (SSSR count). The van der Waals surface area contributed by atoms with Crippen LogP contribution in [0.2, 0.25) is 0 Å². The summed E-state index contributed by atoms with van der Waals surface area (Å²) in [6.07, 6.45) is 1.10. The molecule has 0 aromatic carbocycles. The molecule has 2 heterocycles. The number of nitrogens with zero attached hydrogens (tertiary/aromatic N) is 4. The SMILES string of the molecule is CCn1c(C)nnc1CN1CC[C@@H](N)C1. The van der Waals surface area contributed by atoms with E-state index in [1.165, 1.54) is 0 Å². The third kappa shape index (κ3) is 2.18. The van der Waals surface area contributed by atoms with Gasteiger partial charge in [-0.2, -0.15) is 0 Å². The minimum atomic E-state index is 0.337. The van der Waals surface area contributed by atoms with Gasteiger partial charge in [-0.1, -0.05) is 0 Å². The summed E-state index contributed by atoms with van der Waals surface area (Å²) in [5, 5.41) is 8.31. The number of aryl methyl sites for hydroxylation is 1. The van der Waals surface area contributed by atoms with Gasteiger partial charge in [0.25, 0.3) is 0 Å². The molecule has 1 aliphatic heterocycles. The predicted molar refractivity (Wildman–Crippen MR) is 58.3 cm³/mol. The molecule has 0 saturated carbocycles. The predicted octanol–water partition coefficient (Wildman–Crippen LogP) is 0.139. The van der Waals surface area contributed by atoms with Gasteiger partial charge in [-0.25, -0.2) is 0 Å². The van der Waals surface area contributed by atoms with Gasteiger partial charge in [-0.15, -0.1) is 10.2 Å². The summed E-state index contributed by atoms with van der Waals surface area (Å²) in [5.74, 6) is 2.06. The zero-order chi connectivity index (χ0) is 10.8. The van der Waals surface area contributed by atoms with Gasteiger partial charge < -0.3 is 10.3 Å². The standard InChI is InChI=1S/C10H19N5/c1-3-15-8(2)12-13-10(15)7-14-5-4-9(11)6-14/h9H,3-7,11H2,1-2H3/t9-/m1/s1. The van der Waals surface area contributed by atoms with Crippen LogP contribution in [0.25, 0.3) is 0 Å². The van der Waals surface area contributed by atoms with E-state index in [4.69, 9.17) is 5.73 Å². The van der Waals surface area contributed by atoms with Gasteiger partial charge in [-0.05, 0) is 20.3 Å². The van der Waals surface area contributed by atoms with E-state index in [9.17, 15) is 0 Å². The van der Waals surface area contributed by atoms with Gasteiger partial charge in [-0.3, -0.25) is 4.90 Å². The second-order valence-corrected chi connectivity index (χ2v) is 4.19. The van der Waals surface area contributed by atoms with Crippen LogP contribution in [0, 0.1) is 6.92 Å². The molecule has 1 atom stereocenters.